The van der Waals surface area contributed by atoms with Gasteiger partial charge in [-0.2, -0.15) is 0 Å². The summed E-state index contributed by atoms with van der Waals surface area (Å²) in [5, 5.41) is 2.80. The van der Waals surface area contributed by atoms with E-state index < -0.39 is 6.10 Å². The van der Waals surface area contributed by atoms with Gasteiger partial charge in [0, 0.05) is 14.1 Å². The van der Waals surface area contributed by atoms with Gasteiger partial charge in [0.15, 0.2) is 6.10 Å². The van der Waals surface area contributed by atoms with E-state index in [1.54, 1.807) is 17.3 Å². The number of nitrogens with one attached hydrogen (secondary N) is 1. The normalized spacial score (nSPS) is 16.4. The van der Waals surface area contributed by atoms with Gasteiger partial charge in [-0.05, 0) is 24.5 Å². The third-order valence-corrected chi connectivity index (χ3v) is 3.52. The minimum atomic E-state index is -0.483. The van der Waals surface area contributed by atoms with Crippen molar-refractivity contribution in [1.82, 2.24) is 9.97 Å². The number of hydrogen-bond donors (Lipinski definition) is 1. The van der Waals surface area contributed by atoms with Gasteiger partial charge < -0.3 is 15.0 Å². The molecule has 0 saturated heterocycles. The van der Waals surface area contributed by atoms with Gasteiger partial charge in [-0.25, -0.2) is 9.97 Å². The van der Waals surface area contributed by atoms with Crippen LogP contribution in [0.15, 0.2) is 36.7 Å². The third-order valence-electron chi connectivity index (χ3n) is 3.52. The van der Waals surface area contributed by atoms with Crippen LogP contribution in [-0.4, -0.2) is 36.1 Å². The fourth-order valence-electron chi connectivity index (χ4n) is 2.35. The summed E-state index contributed by atoms with van der Waals surface area (Å²) in [7, 11) is 3.72. The highest BCUT2D eigenvalue weighted by molar-refractivity contribution is 5.94. The Balaban J connectivity index is 1.65. The first-order valence-corrected chi connectivity index (χ1v) is 7.18. The molecule has 1 amide bonds. The highest BCUT2D eigenvalue weighted by Gasteiger charge is 2.26. The summed E-state index contributed by atoms with van der Waals surface area (Å²) in [6, 6.07) is 7.81. The predicted octanol–water partition coefficient (Wildman–Crippen LogP) is 1.87. The minimum Gasteiger partial charge on any atom is -0.480 e. The molecule has 0 spiro atoms. The van der Waals surface area contributed by atoms with Crippen molar-refractivity contribution in [3.63, 3.8) is 0 Å². The zero-order valence-electron chi connectivity index (χ0n) is 12.6. The Hall–Kier alpha value is -2.63. The lowest BCUT2D eigenvalue weighted by atomic mass is 10.0. The molecule has 22 heavy (non-hydrogen) atoms. The van der Waals surface area contributed by atoms with Crippen LogP contribution in [0.25, 0.3) is 0 Å². The molecule has 3 rings (SSSR count). The quantitative estimate of drug-likeness (QED) is 0.937. The predicted molar refractivity (Wildman–Crippen MR) is 84.2 cm³/mol. The molecule has 6 nitrogen and oxygen atoms in total. The molecular formula is C16H18N4O2. The number of ether oxygens (including phenoxy) is 1. The second kappa shape index (κ2) is 6.01. The highest BCUT2D eigenvalue weighted by Crippen LogP contribution is 2.27. The van der Waals surface area contributed by atoms with Gasteiger partial charge >= 0.3 is 0 Å². The van der Waals surface area contributed by atoms with Crippen LogP contribution < -0.4 is 15.0 Å². The number of carbonyl (C=O) groups is 1. The molecule has 0 aliphatic carbocycles. The molecule has 114 valence electrons. The number of carbonyl (C=O) groups excluding carboxylic acids is 1. The van der Waals surface area contributed by atoms with Crippen LogP contribution in [0.3, 0.4) is 0 Å². The number of hydrogen-bond acceptors (Lipinski definition) is 5. The van der Waals surface area contributed by atoms with Crippen molar-refractivity contribution in [3.8, 4) is 5.75 Å². The molecule has 1 N–H and O–H groups in total. The number of benzene rings is 1. The molecule has 1 aliphatic heterocycles. The SMILES string of the molecule is CN(C)c1ncc(NC(=O)C2CCc3ccccc3O2)cn1. The van der Waals surface area contributed by atoms with Crippen molar-refractivity contribution in [2.75, 3.05) is 24.3 Å². The molecule has 2 aromatic rings. The monoisotopic (exact) mass is 298 g/mol. The molecule has 1 aromatic heterocycles. The van der Waals surface area contributed by atoms with Crippen molar-refractivity contribution >= 4 is 17.5 Å². The Morgan fingerprint density at radius 2 is 2.00 bits per heavy atom. The van der Waals surface area contributed by atoms with Gasteiger partial charge in [-0.15, -0.1) is 0 Å². The Kier molecular flexibility index (Phi) is 3.91. The zero-order valence-corrected chi connectivity index (χ0v) is 12.6. The molecule has 6 heteroatoms. The van der Waals surface area contributed by atoms with Gasteiger partial charge in [-0.3, -0.25) is 4.79 Å². The van der Waals surface area contributed by atoms with Gasteiger partial charge in [0.25, 0.3) is 5.91 Å². The first-order chi connectivity index (χ1) is 10.6. The van der Waals surface area contributed by atoms with Crippen LogP contribution >= 0.6 is 0 Å². The number of amides is 1. The Morgan fingerprint density at radius 1 is 1.27 bits per heavy atom. The summed E-state index contributed by atoms with van der Waals surface area (Å²) in [5.41, 5.74) is 1.71. The van der Waals surface area contributed by atoms with Crippen LogP contribution in [0, 0.1) is 0 Å². The van der Waals surface area contributed by atoms with Crippen LogP contribution in [0.5, 0.6) is 5.75 Å². The molecule has 1 aliphatic rings. The number of anilines is 2. The number of aryl methyl sites for hydroxylation is 1. The third kappa shape index (κ3) is 3.00. The molecule has 0 bridgehead atoms. The molecule has 2 heterocycles. The molecule has 1 atom stereocenters. The molecule has 0 radical (unpaired) electrons. The number of nitrogens with zero attached hydrogens (tertiary/aromatic N) is 3. The summed E-state index contributed by atoms with van der Waals surface area (Å²) in [6.45, 7) is 0. The van der Waals surface area contributed by atoms with E-state index in [4.69, 9.17) is 4.74 Å². The van der Waals surface area contributed by atoms with Crippen molar-refractivity contribution in [1.29, 1.82) is 0 Å². The standard InChI is InChI=1S/C16H18N4O2/c1-20(2)16-17-9-12(10-18-16)19-15(21)14-8-7-11-5-3-4-6-13(11)22-14/h3-6,9-10,14H,7-8H2,1-2H3,(H,19,21). The van der Waals surface area contributed by atoms with Crippen LogP contribution in [0.4, 0.5) is 11.6 Å². The minimum absolute atomic E-state index is 0.171. The van der Waals surface area contributed by atoms with Crippen molar-refractivity contribution < 1.29 is 9.53 Å². The molecule has 1 unspecified atom stereocenters. The first-order valence-electron chi connectivity index (χ1n) is 7.18. The van der Waals surface area contributed by atoms with Crippen LogP contribution in [0.1, 0.15) is 12.0 Å². The maximum absolute atomic E-state index is 12.3. The largest absolute Gasteiger partial charge is 0.480 e. The van der Waals surface area contributed by atoms with Crippen molar-refractivity contribution in [2.24, 2.45) is 0 Å². The summed E-state index contributed by atoms with van der Waals surface area (Å²) in [4.78, 5) is 22.4. The Morgan fingerprint density at radius 3 is 2.73 bits per heavy atom. The van der Waals surface area contributed by atoms with E-state index in [9.17, 15) is 4.79 Å². The van der Waals surface area contributed by atoms with Gasteiger partial charge in [-0.1, -0.05) is 18.2 Å². The zero-order chi connectivity index (χ0) is 15.5. The Bertz CT molecular complexity index is 670. The molecular weight excluding hydrogens is 280 g/mol. The molecule has 1 aromatic carbocycles. The number of rotatable bonds is 3. The second-order valence-corrected chi connectivity index (χ2v) is 5.41. The lowest BCUT2D eigenvalue weighted by Gasteiger charge is -2.25. The maximum atomic E-state index is 12.3. The number of fused-ring (bicyclic) bond motifs is 1. The van der Waals surface area contributed by atoms with E-state index >= 15 is 0 Å². The first kappa shape index (κ1) is 14.3. The lowest BCUT2D eigenvalue weighted by Crippen LogP contribution is -2.35. The average molecular weight is 298 g/mol. The summed E-state index contributed by atoms with van der Waals surface area (Å²) in [5.74, 6) is 1.21. The average Bonchev–Trinajstić information content (AvgIpc) is 2.55. The highest BCUT2D eigenvalue weighted by atomic mass is 16.5. The number of para-hydroxylation sites is 1. The van der Waals surface area contributed by atoms with E-state index in [1.165, 1.54) is 0 Å². The van der Waals surface area contributed by atoms with Crippen molar-refractivity contribution in [2.45, 2.75) is 18.9 Å². The summed E-state index contributed by atoms with van der Waals surface area (Å²) >= 11 is 0. The van der Waals surface area contributed by atoms with Crippen LogP contribution in [0.2, 0.25) is 0 Å². The van der Waals surface area contributed by atoms with Crippen LogP contribution in [-0.2, 0) is 11.2 Å². The van der Waals surface area contributed by atoms with Crippen molar-refractivity contribution in [3.05, 3.63) is 42.2 Å². The van der Waals surface area contributed by atoms with E-state index in [1.807, 2.05) is 38.4 Å². The van der Waals surface area contributed by atoms with Gasteiger partial charge in [0.1, 0.15) is 5.75 Å². The lowest BCUT2D eigenvalue weighted by molar-refractivity contribution is -0.123. The Labute approximate surface area is 129 Å². The van der Waals surface area contributed by atoms with E-state index in [2.05, 4.69) is 15.3 Å². The van der Waals surface area contributed by atoms with Gasteiger partial charge in [0.2, 0.25) is 5.95 Å². The van der Waals surface area contributed by atoms with E-state index in [-0.39, 0.29) is 5.91 Å². The maximum Gasteiger partial charge on any atom is 0.265 e. The van der Waals surface area contributed by atoms with E-state index in [0.717, 1.165) is 17.7 Å². The summed E-state index contributed by atoms with van der Waals surface area (Å²) in [6.07, 6.45) is 4.21. The summed E-state index contributed by atoms with van der Waals surface area (Å²) < 4.78 is 5.77. The van der Waals surface area contributed by atoms with Gasteiger partial charge in [0.05, 0.1) is 18.1 Å². The smallest absolute Gasteiger partial charge is 0.265 e. The molecule has 0 fully saturated rings. The number of aromatic nitrogens is 2. The second-order valence-electron chi connectivity index (χ2n) is 5.41. The molecule has 0 saturated carbocycles. The fourth-order valence-corrected chi connectivity index (χ4v) is 2.35. The topological polar surface area (TPSA) is 67.4 Å². The fraction of sp³-hybridized carbons (Fsp3) is 0.312. The van der Waals surface area contributed by atoms with E-state index in [0.29, 0.717) is 18.1 Å².